The average Bonchev–Trinajstić information content (AvgIpc) is 2.52. The van der Waals surface area contributed by atoms with E-state index in [-0.39, 0.29) is 6.04 Å². The highest BCUT2D eigenvalue weighted by molar-refractivity contribution is 5.89. The summed E-state index contributed by atoms with van der Waals surface area (Å²) in [5, 5.41) is 0. The van der Waals surface area contributed by atoms with Crippen LogP contribution in [0.4, 0.5) is 5.69 Å². The Bertz CT molecular complexity index is 662. The Balaban J connectivity index is 2.19. The number of rotatable bonds is 4. The van der Waals surface area contributed by atoms with E-state index in [1.54, 1.807) is 0 Å². The van der Waals surface area contributed by atoms with Crippen molar-refractivity contribution in [3.8, 4) is 11.1 Å². The summed E-state index contributed by atoms with van der Waals surface area (Å²) in [4.78, 5) is 14.0. The molecule has 0 spiro atoms. The van der Waals surface area contributed by atoms with Crippen molar-refractivity contribution >= 4 is 12.0 Å². The van der Waals surface area contributed by atoms with Gasteiger partial charge in [0, 0.05) is 17.8 Å². The van der Waals surface area contributed by atoms with Crippen LogP contribution in [0.5, 0.6) is 0 Å². The summed E-state index contributed by atoms with van der Waals surface area (Å²) in [6.07, 6.45) is 3.31. The van der Waals surface area contributed by atoms with Crippen LogP contribution in [0.2, 0.25) is 0 Å². The molecule has 0 aliphatic carbocycles. The van der Waals surface area contributed by atoms with Crippen LogP contribution in [0, 0.1) is 6.92 Å². The number of carbonyl (C=O) groups is 1. The second-order valence-electron chi connectivity index (χ2n) is 5.74. The minimum Gasteiger partial charge on any atom is -0.357 e. The number of aldehydes is 1. The second kappa shape index (κ2) is 5.72. The lowest BCUT2D eigenvalue weighted by Gasteiger charge is -2.38. The molecule has 0 fully saturated rings. The highest BCUT2D eigenvalue weighted by Crippen LogP contribution is 2.44. The molecule has 0 bridgehead atoms. The molecule has 0 saturated heterocycles. The lowest BCUT2D eigenvalue weighted by Crippen LogP contribution is -2.34. The zero-order valence-electron chi connectivity index (χ0n) is 12.7. The van der Waals surface area contributed by atoms with E-state index < -0.39 is 0 Å². The number of nitrogens with zero attached hydrogens (tertiary/aromatic N) is 1. The number of anilines is 1. The zero-order chi connectivity index (χ0) is 14.8. The Kier molecular flexibility index (Phi) is 3.78. The third kappa shape index (κ3) is 2.35. The van der Waals surface area contributed by atoms with Crippen molar-refractivity contribution in [1.82, 2.24) is 0 Å². The Hall–Kier alpha value is -2.09. The first-order chi connectivity index (χ1) is 10.3. The van der Waals surface area contributed by atoms with Crippen LogP contribution < -0.4 is 4.90 Å². The summed E-state index contributed by atoms with van der Waals surface area (Å²) >= 11 is 0. The van der Waals surface area contributed by atoms with Crippen molar-refractivity contribution < 1.29 is 4.79 Å². The van der Waals surface area contributed by atoms with E-state index in [9.17, 15) is 4.79 Å². The van der Waals surface area contributed by atoms with E-state index in [0.29, 0.717) is 0 Å². The van der Waals surface area contributed by atoms with Gasteiger partial charge in [-0.2, -0.15) is 0 Å². The number of aryl methyl sites for hydroxylation is 1. The number of benzene rings is 2. The molecule has 2 heteroatoms. The molecule has 1 aliphatic rings. The molecule has 108 valence electrons. The largest absolute Gasteiger partial charge is 0.357 e. The van der Waals surface area contributed by atoms with Crippen LogP contribution in [-0.2, 0) is 4.79 Å². The predicted octanol–water partition coefficient (Wildman–Crippen LogP) is 4.52. The topological polar surface area (TPSA) is 20.3 Å². The highest BCUT2D eigenvalue weighted by atomic mass is 16.1. The van der Waals surface area contributed by atoms with Crippen molar-refractivity contribution in [3.05, 3.63) is 53.6 Å². The normalized spacial score (nSPS) is 16.3. The van der Waals surface area contributed by atoms with Gasteiger partial charge in [0.15, 0.2) is 0 Å². The Morgan fingerprint density at radius 2 is 1.95 bits per heavy atom. The average molecular weight is 279 g/mol. The first-order valence-electron chi connectivity index (χ1n) is 7.68. The minimum absolute atomic E-state index is 0.165. The van der Waals surface area contributed by atoms with Crippen LogP contribution in [0.3, 0.4) is 0 Å². The molecule has 0 radical (unpaired) electrons. The monoisotopic (exact) mass is 279 g/mol. The third-order valence-electron chi connectivity index (χ3n) is 4.25. The zero-order valence-corrected chi connectivity index (χ0v) is 12.7. The third-order valence-corrected chi connectivity index (χ3v) is 4.25. The summed E-state index contributed by atoms with van der Waals surface area (Å²) < 4.78 is 0. The van der Waals surface area contributed by atoms with Gasteiger partial charge >= 0.3 is 0 Å². The maximum Gasteiger partial charge on any atom is 0.147 e. The molecule has 1 unspecified atom stereocenters. The van der Waals surface area contributed by atoms with Crippen molar-refractivity contribution in [3.63, 3.8) is 0 Å². The number of hydrogen-bond acceptors (Lipinski definition) is 2. The van der Waals surface area contributed by atoms with Crippen LogP contribution in [0.1, 0.15) is 36.9 Å². The maximum atomic E-state index is 11.7. The number of carbonyl (C=O) groups excluding carboxylic acids is 1. The fraction of sp³-hybridized carbons (Fsp3) is 0.316. The number of fused-ring (bicyclic) bond motifs is 3. The molecular weight excluding hydrogens is 258 g/mol. The quantitative estimate of drug-likeness (QED) is 0.767. The number of hydrogen-bond donors (Lipinski definition) is 0. The van der Waals surface area contributed by atoms with Crippen LogP contribution in [0.15, 0.2) is 42.5 Å². The standard InChI is InChI=1S/C19H21NO/c1-3-4-11-20-18-12-14(2)9-10-17(18)15-7-5-6-8-16(15)19(20)13-21/h5-10,12-13,19H,3-4,11H2,1-2H3. The van der Waals surface area contributed by atoms with E-state index in [4.69, 9.17) is 0 Å². The number of unbranched alkanes of at least 4 members (excludes halogenated alkanes) is 1. The van der Waals surface area contributed by atoms with Gasteiger partial charge in [0.25, 0.3) is 0 Å². The molecule has 2 aromatic carbocycles. The Labute approximate surface area is 126 Å². The van der Waals surface area contributed by atoms with E-state index in [2.05, 4.69) is 49.1 Å². The van der Waals surface area contributed by atoms with Gasteiger partial charge in [0.05, 0.1) is 0 Å². The molecular formula is C19H21NO. The van der Waals surface area contributed by atoms with Gasteiger partial charge in [-0.05, 0) is 36.1 Å². The van der Waals surface area contributed by atoms with Gasteiger partial charge in [-0.3, -0.25) is 0 Å². The van der Waals surface area contributed by atoms with Crippen molar-refractivity contribution in [1.29, 1.82) is 0 Å². The smallest absolute Gasteiger partial charge is 0.147 e. The van der Waals surface area contributed by atoms with Crippen molar-refractivity contribution in [2.24, 2.45) is 0 Å². The van der Waals surface area contributed by atoms with Crippen LogP contribution in [-0.4, -0.2) is 12.8 Å². The molecule has 2 nitrogen and oxygen atoms in total. The Morgan fingerprint density at radius 3 is 2.71 bits per heavy atom. The summed E-state index contributed by atoms with van der Waals surface area (Å²) in [7, 11) is 0. The summed E-state index contributed by atoms with van der Waals surface area (Å²) in [6.45, 7) is 5.21. The fourth-order valence-electron chi connectivity index (χ4n) is 3.16. The lowest BCUT2D eigenvalue weighted by atomic mass is 9.88. The highest BCUT2D eigenvalue weighted by Gasteiger charge is 2.29. The van der Waals surface area contributed by atoms with E-state index in [1.807, 2.05) is 12.1 Å². The molecule has 1 atom stereocenters. The predicted molar refractivity (Wildman–Crippen MR) is 87.7 cm³/mol. The van der Waals surface area contributed by atoms with Crippen LogP contribution >= 0.6 is 0 Å². The van der Waals surface area contributed by atoms with E-state index >= 15 is 0 Å². The Morgan fingerprint density at radius 1 is 1.14 bits per heavy atom. The molecule has 0 saturated carbocycles. The van der Waals surface area contributed by atoms with Gasteiger partial charge < -0.3 is 9.69 Å². The van der Waals surface area contributed by atoms with Crippen molar-refractivity contribution in [2.45, 2.75) is 32.7 Å². The SMILES string of the molecule is CCCCN1c2cc(C)ccc2-c2ccccc2C1C=O. The lowest BCUT2D eigenvalue weighted by molar-refractivity contribution is -0.109. The van der Waals surface area contributed by atoms with Gasteiger partial charge in [-0.1, -0.05) is 49.7 Å². The van der Waals surface area contributed by atoms with Gasteiger partial charge in [0.2, 0.25) is 0 Å². The summed E-state index contributed by atoms with van der Waals surface area (Å²) in [6, 6.07) is 14.6. The first-order valence-corrected chi connectivity index (χ1v) is 7.68. The van der Waals surface area contributed by atoms with Gasteiger partial charge in [-0.15, -0.1) is 0 Å². The minimum atomic E-state index is -0.165. The molecule has 2 aromatic rings. The fourth-order valence-corrected chi connectivity index (χ4v) is 3.16. The van der Waals surface area contributed by atoms with Crippen LogP contribution in [0.25, 0.3) is 11.1 Å². The molecule has 1 heterocycles. The van der Waals surface area contributed by atoms with E-state index in [0.717, 1.165) is 31.2 Å². The molecule has 0 aromatic heterocycles. The van der Waals surface area contributed by atoms with Crippen molar-refractivity contribution in [2.75, 3.05) is 11.4 Å². The molecule has 0 N–H and O–H groups in total. The molecule has 1 aliphatic heterocycles. The van der Waals surface area contributed by atoms with E-state index in [1.165, 1.54) is 22.4 Å². The summed E-state index contributed by atoms with van der Waals surface area (Å²) in [5.41, 5.74) is 5.99. The molecule has 0 amide bonds. The van der Waals surface area contributed by atoms with Gasteiger partial charge in [-0.25, -0.2) is 0 Å². The maximum absolute atomic E-state index is 11.7. The van der Waals surface area contributed by atoms with Gasteiger partial charge in [0.1, 0.15) is 12.3 Å². The molecule has 3 rings (SSSR count). The second-order valence-corrected chi connectivity index (χ2v) is 5.74. The first kappa shape index (κ1) is 13.9. The molecule has 21 heavy (non-hydrogen) atoms. The summed E-state index contributed by atoms with van der Waals surface area (Å²) in [5.74, 6) is 0.